The van der Waals surface area contributed by atoms with E-state index in [1.165, 1.54) is 0 Å². The van der Waals surface area contributed by atoms with Crippen LogP contribution in [0.1, 0.15) is 32.3 Å². The fourth-order valence-electron chi connectivity index (χ4n) is 3.00. The summed E-state index contributed by atoms with van der Waals surface area (Å²) in [6.45, 7) is 6.21. The lowest BCUT2D eigenvalue weighted by atomic mass is 10.1. The average molecular weight is 413 g/mol. The summed E-state index contributed by atoms with van der Waals surface area (Å²) < 4.78 is 15.9. The van der Waals surface area contributed by atoms with Gasteiger partial charge in [0.15, 0.2) is 17.5 Å². The van der Waals surface area contributed by atoms with Crippen LogP contribution in [0.4, 0.5) is 4.79 Å². The number of nitrogens with one attached hydrogen (secondary N) is 1. The molecule has 0 atom stereocenters. The Bertz CT molecular complexity index is 691. The van der Waals surface area contributed by atoms with Crippen LogP contribution in [0.2, 0.25) is 5.02 Å². The molecule has 3 N–H and O–H groups in total. The number of methoxy groups -OCH3 is 1. The molecule has 0 aliphatic carbocycles. The molecule has 1 amide bonds. The summed E-state index contributed by atoms with van der Waals surface area (Å²) in [6, 6.07) is 3.81. The van der Waals surface area contributed by atoms with Crippen molar-refractivity contribution in [2.75, 3.05) is 33.4 Å². The topological polar surface area (TPSA) is 98.4 Å². The van der Waals surface area contributed by atoms with Crippen LogP contribution in [0.5, 0.6) is 11.5 Å². The normalized spacial score (nSPS) is 15.3. The second-order valence-electron chi connectivity index (χ2n) is 6.35. The van der Waals surface area contributed by atoms with Crippen LogP contribution in [0, 0.1) is 0 Å². The molecule has 0 bridgehead atoms. The third kappa shape index (κ3) is 6.09. The molecule has 0 aromatic heterocycles. The summed E-state index contributed by atoms with van der Waals surface area (Å²) in [5.41, 5.74) is 6.89. The Morgan fingerprint density at radius 1 is 1.32 bits per heavy atom. The maximum atomic E-state index is 11.7. The predicted octanol–water partition coefficient (Wildman–Crippen LogP) is 2.77. The van der Waals surface area contributed by atoms with E-state index in [2.05, 4.69) is 10.3 Å². The van der Waals surface area contributed by atoms with E-state index in [0.29, 0.717) is 55.3 Å². The van der Waals surface area contributed by atoms with Crippen molar-refractivity contribution < 1.29 is 19.0 Å². The molecular weight excluding hydrogens is 384 g/mol. The highest BCUT2D eigenvalue weighted by Gasteiger charge is 2.23. The number of hydrogen-bond donors (Lipinski definition) is 2. The second-order valence-corrected chi connectivity index (χ2v) is 6.76. The average Bonchev–Trinajstić information content (AvgIpc) is 2.69. The van der Waals surface area contributed by atoms with Crippen LogP contribution in [0.3, 0.4) is 0 Å². The van der Waals surface area contributed by atoms with Crippen LogP contribution in [0.15, 0.2) is 17.1 Å². The maximum Gasteiger partial charge on any atom is 0.409 e. The molecule has 1 aliphatic heterocycles. The Balaban J connectivity index is 1.89. The van der Waals surface area contributed by atoms with Crippen LogP contribution in [-0.2, 0) is 11.3 Å². The van der Waals surface area contributed by atoms with Gasteiger partial charge in [0.2, 0.25) is 0 Å². The lowest BCUT2D eigenvalue weighted by molar-refractivity contribution is 0.0963. The predicted molar refractivity (Wildman–Crippen MR) is 109 cm³/mol. The van der Waals surface area contributed by atoms with Gasteiger partial charge in [0, 0.05) is 19.1 Å². The Kier molecular flexibility index (Phi) is 8.50. The van der Waals surface area contributed by atoms with Crippen molar-refractivity contribution in [1.29, 1.82) is 0 Å². The standard InChI is InChI=1S/C19H29ClN4O4/c1-4-27-17-15(20)10-13(11-16(17)26-3)12-22-18(21)23-14-6-8-24(9-7-14)19(25)28-5-2/h10-11,14H,4-9,12H2,1-3H3,(H3,21,22,23). The van der Waals surface area contributed by atoms with Crippen molar-refractivity contribution in [3.8, 4) is 11.5 Å². The lowest BCUT2D eigenvalue weighted by Gasteiger charge is -2.31. The number of likely N-dealkylation sites (tertiary alicyclic amines) is 1. The molecule has 2 rings (SSSR count). The van der Waals surface area contributed by atoms with Crippen molar-refractivity contribution in [1.82, 2.24) is 10.2 Å². The van der Waals surface area contributed by atoms with Gasteiger partial charge in [-0.05, 0) is 44.4 Å². The largest absolute Gasteiger partial charge is 0.493 e. The molecule has 1 fully saturated rings. The molecule has 1 aromatic rings. The first-order valence-electron chi connectivity index (χ1n) is 9.45. The van der Waals surface area contributed by atoms with Crippen LogP contribution in [0.25, 0.3) is 0 Å². The number of halogens is 1. The van der Waals surface area contributed by atoms with Crippen LogP contribution in [-0.4, -0.2) is 56.4 Å². The summed E-state index contributed by atoms with van der Waals surface area (Å²) >= 11 is 6.28. The fourth-order valence-corrected chi connectivity index (χ4v) is 3.29. The number of benzene rings is 1. The van der Waals surface area contributed by atoms with Crippen molar-refractivity contribution in [2.45, 2.75) is 39.3 Å². The Hall–Kier alpha value is -2.35. The van der Waals surface area contributed by atoms with Crippen LogP contribution >= 0.6 is 11.6 Å². The van der Waals surface area contributed by atoms with E-state index >= 15 is 0 Å². The van der Waals surface area contributed by atoms with Gasteiger partial charge in [-0.3, -0.25) is 0 Å². The number of piperidine rings is 1. The molecule has 8 nitrogen and oxygen atoms in total. The number of rotatable bonds is 7. The smallest absolute Gasteiger partial charge is 0.409 e. The number of guanidine groups is 1. The number of nitrogens with two attached hydrogens (primary N) is 1. The summed E-state index contributed by atoms with van der Waals surface area (Å²) in [5, 5.41) is 3.69. The molecule has 0 radical (unpaired) electrons. The molecule has 1 aliphatic rings. The minimum atomic E-state index is -0.260. The molecule has 1 saturated heterocycles. The van der Waals surface area contributed by atoms with Gasteiger partial charge in [-0.25, -0.2) is 9.79 Å². The highest BCUT2D eigenvalue weighted by atomic mass is 35.5. The van der Waals surface area contributed by atoms with Crippen molar-refractivity contribution in [3.63, 3.8) is 0 Å². The first kappa shape index (κ1) is 21.9. The van der Waals surface area contributed by atoms with Gasteiger partial charge in [0.25, 0.3) is 0 Å². The maximum absolute atomic E-state index is 11.7. The number of amides is 1. The molecular formula is C19H29ClN4O4. The highest BCUT2D eigenvalue weighted by Crippen LogP contribution is 2.36. The Morgan fingerprint density at radius 2 is 2.04 bits per heavy atom. The van der Waals surface area contributed by atoms with E-state index in [0.717, 1.165) is 18.4 Å². The van der Waals surface area contributed by atoms with Crippen molar-refractivity contribution in [3.05, 3.63) is 22.7 Å². The molecule has 0 saturated carbocycles. The molecule has 28 heavy (non-hydrogen) atoms. The molecule has 1 aromatic carbocycles. The molecule has 0 unspecified atom stereocenters. The third-order valence-corrected chi connectivity index (χ3v) is 4.66. The summed E-state index contributed by atoms with van der Waals surface area (Å²) in [7, 11) is 1.57. The highest BCUT2D eigenvalue weighted by molar-refractivity contribution is 6.32. The van der Waals surface area contributed by atoms with Gasteiger partial charge < -0.3 is 30.2 Å². The van der Waals surface area contributed by atoms with Gasteiger partial charge in [-0.15, -0.1) is 0 Å². The number of carbonyl (C=O) groups excluding carboxylic acids is 1. The molecule has 0 spiro atoms. The number of nitrogens with zero attached hydrogens (tertiary/aromatic N) is 2. The monoisotopic (exact) mass is 412 g/mol. The van der Waals surface area contributed by atoms with Gasteiger partial charge in [-0.2, -0.15) is 0 Å². The van der Waals surface area contributed by atoms with E-state index in [-0.39, 0.29) is 12.1 Å². The van der Waals surface area contributed by atoms with E-state index in [1.807, 2.05) is 13.0 Å². The zero-order chi connectivity index (χ0) is 20.5. The lowest BCUT2D eigenvalue weighted by Crippen LogP contribution is -2.48. The zero-order valence-electron chi connectivity index (χ0n) is 16.7. The summed E-state index contributed by atoms with van der Waals surface area (Å²) in [4.78, 5) is 17.8. The molecule has 156 valence electrons. The van der Waals surface area contributed by atoms with E-state index < -0.39 is 0 Å². The quantitative estimate of drug-likeness (QED) is 0.527. The van der Waals surface area contributed by atoms with Gasteiger partial charge in [-0.1, -0.05) is 11.6 Å². The third-order valence-electron chi connectivity index (χ3n) is 4.38. The first-order chi connectivity index (χ1) is 13.5. The number of ether oxygens (including phenoxy) is 3. The van der Waals surface area contributed by atoms with Crippen LogP contribution < -0.4 is 20.5 Å². The Labute approximate surface area is 171 Å². The number of aliphatic imine (C=N–C) groups is 1. The first-order valence-corrected chi connectivity index (χ1v) is 9.83. The zero-order valence-corrected chi connectivity index (χ0v) is 17.4. The minimum Gasteiger partial charge on any atom is -0.493 e. The number of carbonyl (C=O) groups is 1. The second kappa shape index (κ2) is 10.8. The Morgan fingerprint density at radius 3 is 2.64 bits per heavy atom. The van der Waals surface area contributed by atoms with E-state index in [9.17, 15) is 4.79 Å². The van der Waals surface area contributed by atoms with E-state index in [1.54, 1.807) is 25.0 Å². The molecule has 9 heteroatoms. The SMILES string of the molecule is CCOC(=O)N1CCC(NC(N)=NCc2cc(Cl)c(OCC)c(OC)c2)CC1. The van der Waals surface area contributed by atoms with Crippen molar-refractivity contribution in [2.24, 2.45) is 10.7 Å². The van der Waals surface area contributed by atoms with Crippen molar-refractivity contribution >= 4 is 23.7 Å². The van der Waals surface area contributed by atoms with Gasteiger partial charge >= 0.3 is 6.09 Å². The number of hydrogen-bond acceptors (Lipinski definition) is 5. The van der Waals surface area contributed by atoms with Gasteiger partial charge in [0.05, 0.1) is 31.9 Å². The summed E-state index contributed by atoms with van der Waals surface area (Å²) in [6.07, 6.45) is 1.32. The van der Waals surface area contributed by atoms with Gasteiger partial charge in [0.1, 0.15) is 0 Å². The fraction of sp³-hybridized carbons (Fsp3) is 0.579. The minimum absolute atomic E-state index is 0.174. The summed E-state index contributed by atoms with van der Waals surface area (Å²) in [5.74, 6) is 1.45. The molecule has 1 heterocycles. The van der Waals surface area contributed by atoms with E-state index in [4.69, 9.17) is 31.5 Å².